The number of hydrogen-bond donors (Lipinski definition) is 1. The molecule has 0 atom stereocenters. The van der Waals surface area contributed by atoms with Crippen molar-refractivity contribution in [1.82, 2.24) is 9.55 Å². The van der Waals surface area contributed by atoms with Gasteiger partial charge in [-0.15, -0.1) is 11.3 Å². The molecule has 2 heterocycles. The molecule has 140 valence electrons. The van der Waals surface area contributed by atoms with Crippen molar-refractivity contribution in [3.05, 3.63) is 57.5 Å². The molecule has 0 spiro atoms. The topological polar surface area (TPSA) is 90.3 Å². The van der Waals surface area contributed by atoms with Crippen molar-refractivity contribution >= 4 is 39.1 Å². The van der Waals surface area contributed by atoms with E-state index in [0.717, 1.165) is 16.9 Å². The lowest BCUT2D eigenvalue weighted by atomic mass is 10.1. The molecule has 27 heavy (non-hydrogen) atoms. The summed E-state index contributed by atoms with van der Waals surface area (Å²) >= 11 is 1.16. The highest BCUT2D eigenvalue weighted by atomic mass is 32.1. The number of amides is 1. The Morgan fingerprint density at radius 3 is 2.85 bits per heavy atom. The molecule has 0 radical (unpaired) electrons. The number of ether oxygens (including phenoxy) is 1. The molecule has 3 aromatic rings. The van der Waals surface area contributed by atoms with Crippen LogP contribution in [0.2, 0.25) is 0 Å². The van der Waals surface area contributed by atoms with Gasteiger partial charge in [-0.1, -0.05) is 12.1 Å². The predicted octanol–water partition coefficient (Wildman–Crippen LogP) is 2.97. The monoisotopic (exact) mass is 385 g/mol. The van der Waals surface area contributed by atoms with Crippen LogP contribution < -0.4 is 10.9 Å². The van der Waals surface area contributed by atoms with Crippen molar-refractivity contribution in [2.45, 2.75) is 26.3 Å². The van der Waals surface area contributed by atoms with Crippen molar-refractivity contribution in [3.63, 3.8) is 0 Å². The fraction of sp³-hybridized carbons (Fsp3) is 0.263. The molecule has 0 bridgehead atoms. The minimum atomic E-state index is -0.432. The maximum Gasteiger partial charge on any atom is 0.348 e. The van der Waals surface area contributed by atoms with Crippen molar-refractivity contribution in [2.75, 3.05) is 12.4 Å². The third-order valence-corrected chi connectivity index (χ3v) is 5.09. The second-order valence-electron chi connectivity index (χ2n) is 6.02. The summed E-state index contributed by atoms with van der Waals surface area (Å²) in [4.78, 5) is 40.8. The van der Waals surface area contributed by atoms with Crippen molar-refractivity contribution in [3.8, 4) is 0 Å². The number of methoxy groups -OCH3 is 1. The lowest BCUT2D eigenvalue weighted by Crippen LogP contribution is -2.22. The van der Waals surface area contributed by atoms with E-state index in [1.807, 2.05) is 19.1 Å². The number of carbonyl (C=O) groups excluding carboxylic acids is 2. The number of esters is 1. The maximum absolute atomic E-state index is 12.5. The van der Waals surface area contributed by atoms with E-state index in [2.05, 4.69) is 15.0 Å². The Hall–Kier alpha value is -3.00. The molecule has 3 rings (SSSR count). The first-order chi connectivity index (χ1) is 13.0. The molecule has 1 aromatic carbocycles. The number of nitrogens with zero attached hydrogens (tertiary/aromatic N) is 2. The summed E-state index contributed by atoms with van der Waals surface area (Å²) in [6, 6.07) is 8.78. The van der Waals surface area contributed by atoms with E-state index in [1.54, 1.807) is 18.2 Å². The van der Waals surface area contributed by atoms with Gasteiger partial charge in [0.25, 0.3) is 5.56 Å². The Morgan fingerprint density at radius 2 is 2.07 bits per heavy atom. The van der Waals surface area contributed by atoms with Gasteiger partial charge in [-0.2, -0.15) is 0 Å². The quantitative estimate of drug-likeness (QED) is 0.659. The van der Waals surface area contributed by atoms with Crippen molar-refractivity contribution < 1.29 is 14.3 Å². The summed E-state index contributed by atoms with van der Waals surface area (Å²) in [5.74, 6) is -0.607. The van der Waals surface area contributed by atoms with E-state index in [1.165, 1.54) is 18.0 Å². The largest absolute Gasteiger partial charge is 0.465 e. The van der Waals surface area contributed by atoms with Gasteiger partial charge < -0.3 is 10.1 Å². The summed E-state index contributed by atoms with van der Waals surface area (Å²) in [5.41, 5.74) is 1.55. The zero-order valence-electron chi connectivity index (χ0n) is 15.0. The first-order valence-corrected chi connectivity index (χ1v) is 9.24. The summed E-state index contributed by atoms with van der Waals surface area (Å²) < 4.78 is 6.16. The van der Waals surface area contributed by atoms with Crippen LogP contribution in [0.15, 0.2) is 41.5 Å². The molecule has 0 aliphatic rings. The van der Waals surface area contributed by atoms with E-state index >= 15 is 0 Å². The number of aromatic nitrogens is 2. The normalized spacial score (nSPS) is 10.7. The smallest absolute Gasteiger partial charge is 0.348 e. The van der Waals surface area contributed by atoms with Gasteiger partial charge in [0.2, 0.25) is 5.91 Å². The highest BCUT2D eigenvalue weighted by molar-refractivity contribution is 7.18. The van der Waals surface area contributed by atoms with Crippen molar-refractivity contribution in [1.29, 1.82) is 0 Å². The standard InChI is InChI=1S/C19H19N3O4S/c1-12-5-3-6-13-17(12)20-11-22(18(13)24)10-4-7-15(23)21-16-9-8-14(27-16)19(25)26-2/h3,5-6,8-9,11H,4,7,10H2,1-2H3,(H,21,23). The highest BCUT2D eigenvalue weighted by Crippen LogP contribution is 2.22. The number of thiophene rings is 1. The number of benzene rings is 1. The first kappa shape index (κ1) is 18.8. The van der Waals surface area contributed by atoms with Gasteiger partial charge in [0.15, 0.2) is 0 Å². The number of hydrogen-bond acceptors (Lipinski definition) is 6. The van der Waals surface area contributed by atoms with Crippen molar-refractivity contribution in [2.24, 2.45) is 0 Å². The molecule has 0 fully saturated rings. The average Bonchev–Trinajstić information content (AvgIpc) is 3.12. The first-order valence-electron chi connectivity index (χ1n) is 8.42. The highest BCUT2D eigenvalue weighted by Gasteiger charge is 2.11. The molecule has 0 saturated heterocycles. The van der Waals surface area contributed by atoms with Crippen LogP contribution in [0.5, 0.6) is 0 Å². The SMILES string of the molecule is COC(=O)c1ccc(NC(=O)CCCn2cnc3c(C)cccc3c2=O)s1. The molecule has 0 saturated carbocycles. The average molecular weight is 385 g/mol. The van der Waals surface area contributed by atoms with Gasteiger partial charge >= 0.3 is 5.97 Å². The van der Waals surface area contributed by atoms with E-state index in [4.69, 9.17) is 0 Å². The molecule has 0 unspecified atom stereocenters. The van der Waals surface area contributed by atoms with Crippen LogP contribution in [-0.2, 0) is 16.1 Å². The zero-order valence-corrected chi connectivity index (χ0v) is 15.8. The van der Waals surface area contributed by atoms with Crippen LogP contribution in [0.4, 0.5) is 5.00 Å². The maximum atomic E-state index is 12.5. The Balaban J connectivity index is 1.58. The third kappa shape index (κ3) is 4.22. The van der Waals surface area contributed by atoms with Gasteiger partial charge in [0, 0.05) is 13.0 Å². The molecular formula is C19H19N3O4S. The molecule has 0 aliphatic carbocycles. The van der Waals surface area contributed by atoms with E-state index in [0.29, 0.717) is 33.7 Å². The van der Waals surface area contributed by atoms with Gasteiger partial charge in [0.05, 0.1) is 29.3 Å². The fourth-order valence-corrected chi connectivity index (χ4v) is 3.56. The summed E-state index contributed by atoms with van der Waals surface area (Å²) in [6.07, 6.45) is 2.28. The minimum Gasteiger partial charge on any atom is -0.465 e. The van der Waals surface area contributed by atoms with Gasteiger partial charge in [0.1, 0.15) is 4.88 Å². The molecule has 7 nitrogen and oxygen atoms in total. The second kappa shape index (κ2) is 8.13. The number of carbonyl (C=O) groups is 2. The lowest BCUT2D eigenvalue weighted by molar-refractivity contribution is -0.116. The molecule has 1 amide bonds. The zero-order chi connectivity index (χ0) is 19.4. The molecule has 1 N–H and O–H groups in total. The number of fused-ring (bicyclic) bond motifs is 1. The Labute approximate surface area is 159 Å². The molecular weight excluding hydrogens is 366 g/mol. The summed E-state index contributed by atoms with van der Waals surface area (Å²) in [6.45, 7) is 2.32. The number of para-hydroxylation sites is 1. The molecule has 8 heteroatoms. The third-order valence-electron chi connectivity index (χ3n) is 4.11. The summed E-state index contributed by atoms with van der Waals surface area (Å²) in [7, 11) is 1.31. The second-order valence-corrected chi connectivity index (χ2v) is 7.11. The number of anilines is 1. The van der Waals surface area contributed by atoms with Gasteiger partial charge in [-0.05, 0) is 37.1 Å². The number of nitrogens with one attached hydrogen (secondary N) is 1. The van der Waals surface area contributed by atoms with Crippen LogP contribution in [0.3, 0.4) is 0 Å². The van der Waals surface area contributed by atoms with Gasteiger partial charge in [-0.3, -0.25) is 14.2 Å². The molecule has 0 aliphatic heterocycles. The Bertz CT molecular complexity index is 1050. The number of aryl methyl sites for hydroxylation is 2. The lowest BCUT2D eigenvalue weighted by Gasteiger charge is -2.08. The van der Waals surface area contributed by atoms with Crippen LogP contribution >= 0.6 is 11.3 Å². The Kier molecular flexibility index (Phi) is 5.66. The van der Waals surface area contributed by atoms with Crippen LogP contribution in [0.1, 0.15) is 28.1 Å². The van der Waals surface area contributed by atoms with Gasteiger partial charge in [-0.25, -0.2) is 9.78 Å². The summed E-state index contributed by atoms with van der Waals surface area (Å²) in [5, 5.41) is 3.91. The van der Waals surface area contributed by atoms with Crippen LogP contribution in [0.25, 0.3) is 10.9 Å². The van der Waals surface area contributed by atoms with E-state index < -0.39 is 5.97 Å². The molecule has 2 aromatic heterocycles. The minimum absolute atomic E-state index is 0.106. The van der Waals surface area contributed by atoms with E-state index in [9.17, 15) is 14.4 Å². The Morgan fingerprint density at radius 1 is 1.26 bits per heavy atom. The predicted molar refractivity (Wildman–Crippen MR) is 104 cm³/mol. The van der Waals surface area contributed by atoms with Crippen LogP contribution in [0, 0.1) is 6.92 Å². The van der Waals surface area contributed by atoms with Crippen LogP contribution in [-0.4, -0.2) is 28.5 Å². The number of rotatable bonds is 6. The van der Waals surface area contributed by atoms with E-state index in [-0.39, 0.29) is 17.9 Å². The fourth-order valence-electron chi connectivity index (χ4n) is 2.72.